The van der Waals surface area contributed by atoms with E-state index in [1.165, 1.54) is 0 Å². The standard InChI is InChI=1S/C27H63N3Si2/c1-19(2)28(20(3)4)31(24(11)12,25(13)14)30(23(9)10)32(26(15)16,27(17)18)29(21(5)6)22(7)8/h19-27H,1-18H3. The normalized spacial score (nSPS) is 14.8. The minimum atomic E-state index is -2.13. The fourth-order valence-corrected chi connectivity index (χ4v) is 26.7. The van der Waals surface area contributed by atoms with Crippen molar-refractivity contribution in [2.75, 3.05) is 0 Å². The maximum absolute atomic E-state index is 3.28. The minimum Gasteiger partial charge on any atom is -0.318 e. The maximum atomic E-state index is 3.28. The molecule has 0 aliphatic rings. The molecule has 0 unspecified atom stereocenters. The van der Waals surface area contributed by atoms with Crippen LogP contribution >= 0.6 is 0 Å². The summed E-state index contributed by atoms with van der Waals surface area (Å²) < 4.78 is 9.33. The zero-order chi connectivity index (χ0) is 25.9. The summed E-state index contributed by atoms with van der Waals surface area (Å²) >= 11 is 0. The Hall–Kier alpha value is 0.314. The van der Waals surface area contributed by atoms with Crippen molar-refractivity contribution in [2.24, 2.45) is 0 Å². The Morgan fingerprint density at radius 1 is 0.312 bits per heavy atom. The van der Waals surface area contributed by atoms with Crippen molar-refractivity contribution in [3.63, 3.8) is 0 Å². The van der Waals surface area contributed by atoms with Crippen molar-refractivity contribution in [2.45, 2.75) is 177 Å². The Morgan fingerprint density at radius 3 is 0.594 bits per heavy atom. The van der Waals surface area contributed by atoms with Gasteiger partial charge in [-0.15, -0.1) is 0 Å². The number of nitrogens with zero attached hydrogens (tertiary/aromatic N) is 3. The Labute approximate surface area is 207 Å². The molecule has 0 aliphatic carbocycles. The molecule has 0 fully saturated rings. The van der Waals surface area contributed by atoms with E-state index in [0.29, 0.717) is 52.4 Å². The highest BCUT2D eigenvalue weighted by atomic mass is 28.4. The second-order valence-electron chi connectivity index (χ2n) is 12.8. The Kier molecular flexibility index (Phi) is 12.4. The van der Waals surface area contributed by atoms with E-state index in [-0.39, 0.29) is 0 Å². The summed E-state index contributed by atoms with van der Waals surface area (Å²) in [6.45, 7) is 45.0. The Bertz CT molecular complexity index is 463. The van der Waals surface area contributed by atoms with Crippen molar-refractivity contribution in [3.05, 3.63) is 0 Å². The smallest absolute Gasteiger partial charge is 0.206 e. The van der Waals surface area contributed by atoms with Crippen LogP contribution in [0.4, 0.5) is 0 Å². The van der Waals surface area contributed by atoms with E-state index >= 15 is 0 Å². The SMILES string of the molecule is CC(C)N(C(C)C)[Si](C(C)C)(C(C)C)N(C(C)C)[Si](C(C)C)(C(C)C)N(C(C)C)C(C)C. The largest absolute Gasteiger partial charge is 0.318 e. The molecule has 0 amide bonds. The first-order valence-electron chi connectivity index (χ1n) is 13.7. The molecular formula is C27H63N3Si2. The van der Waals surface area contributed by atoms with Gasteiger partial charge in [0.25, 0.3) is 0 Å². The Balaban J connectivity index is 7.90. The third kappa shape index (κ3) is 5.58. The first-order valence-corrected chi connectivity index (χ1v) is 17.8. The molecule has 0 radical (unpaired) electrons. The highest BCUT2D eigenvalue weighted by molar-refractivity contribution is 6.93. The first-order chi connectivity index (χ1) is 14.4. The van der Waals surface area contributed by atoms with E-state index < -0.39 is 16.8 Å². The molecule has 0 heterocycles. The van der Waals surface area contributed by atoms with Crippen LogP contribution in [0.15, 0.2) is 0 Å². The van der Waals surface area contributed by atoms with Crippen LogP contribution in [0.5, 0.6) is 0 Å². The third-order valence-corrected chi connectivity index (χ3v) is 23.0. The van der Waals surface area contributed by atoms with Gasteiger partial charge in [0, 0.05) is 0 Å². The quantitative estimate of drug-likeness (QED) is 0.242. The molecule has 0 bridgehead atoms. The summed E-state index contributed by atoms with van der Waals surface area (Å²) in [5.41, 5.74) is 2.61. The lowest BCUT2D eigenvalue weighted by Crippen LogP contribution is -2.85. The molecule has 0 aliphatic heterocycles. The third-order valence-electron chi connectivity index (χ3n) is 7.74. The molecular weight excluding hydrogens is 422 g/mol. The van der Waals surface area contributed by atoms with Gasteiger partial charge in [0.05, 0.1) is 0 Å². The van der Waals surface area contributed by atoms with Gasteiger partial charge in [-0.3, -0.25) is 0 Å². The van der Waals surface area contributed by atoms with Crippen molar-refractivity contribution in [1.29, 1.82) is 0 Å². The molecule has 5 heteroatoms. The van der Waals surface area contributed by atoms with Crippen molar-refractivity contribution < 1.29 is 0 Å². The van der Waals surface area contributed by atoms with Crippen molar-refractivity contribution in [1.82, 2.24) is 13.4 Å². The molecule has 0 aromatic rings. The maximum Gasteiger partial charge on any atom is 0.206 e. The molecule has 0 atom stereocenters. The van der Waals surface area contributed by atoms with E-state index in [0.717, 1.165) is 0 Å². The summed E-state index contributed by atoms with van der Waals surface area (Å²) in [5, 5.41) is 0. The zero-order valence-corrected chi connectivity index (χ0v) is 27.5. The monoisotopic (exact) mass is 485 g/mol. The predicted octanol–water partition coefficient (Wildman–Crippen LogP) is 8.46. The van der Waals surface area contributed by atoms with Gasteiger partial charge in [-0.1, -0.05) is 125 Å². The molecule has 32 heavy (non-hydrogen) atoms. The number of hydrogen-bond donors (Lipinski definition) is 0. The lowest BCUT2D eigenvalue weighted by Gasteiger charge is -2.68. The van der Waals surface area contributed by atoms with E-state index in [1.54, 1.807) is 0 Å². The molecule has 0 spiro atoms. The van der Waals surface area contributed by atoms with Crippen LogP contribution in [0.2, 0.25) is 22.2 Å². The van der Waals surface area contributed by atoms with Gasteiger partial charge in [0.15, 0.2) is 0 Å². The van der Waals surface area contributed by atoms with Gasteiger partial charge in [0.1, 0.15) is 0 Å². The van der Waals surface area contributed by atoms with Gasteiger partial charge in [-0.05, 0) is 52.4 Å². The minimum absolute atomic E-state index is 0.530. The summed E-state index contributed by atoms with van der Waals surface area (Å²) in [6.07, 6.45) is 0. The van der Waals surface area contributed by atoms with Crippen molar-refractivity contribution in [3.8, 4) is 0 Å². The topological polar surface area (TPSA) is 9.72 Å². The highest BCUT2D eigenvalue weighted by Gasteiger charge is 2.64. The summed E-state index contributed by atoms with van der Waals surface area (Å²) in [7, 11) is -4.25. The average Bonchev–Trinajstić information content (AvgIpc) is 2.56. The van der Waals surface area contributed by atoms with Crippen LogP contribution in [0.1, 0.15) is 125 Å². The van der Waals surface area contributed by atoms with Gasteiger partial charge in [-0.25, -0.2) is 0 Å². The predicted molar refractivity (Wildman–Crippen MR) is 153 cm³/mol. The Morgan fingerprint density at radius 2 is 0.500 bits per heavy atom. The molecule has 0 N–H and O–H groups in total. The van der Waals surface area contributed by atoms with Crippen LogP contribution in [-0.4, -0.2) is 60.4 Å². The van der Waals surface area contributed by atoms with Crippen molar-refractivity contribution >= 4 is 16.8 Å². The molecule has 0 rings (SSSR count). The second kappa shape index (κ2) is 12.3. The second-order valence-corrected chi connectivity index (χ2v) is 23.0. The first kappa shape index (κ1) is 32.3. The van der Waals surface area contributed by atoms with Crippen LogP contribution in [-0.2, 0) is 0 Å². The fourth-order valence-electron chi connectivity index (χ4n) is 7.85. The zero-order valence-electron chi connectivity index (χ0n) is 25.5. The highest BCUT2D eigenvalue weighted by Crippen LogP contribution is 2.51. The van der Waals surface area contributed by atoms with E-state index in [1.807, 2.05) is 0 Å². The van der Waals surface area contributed by atoms with Crippen LogP contribution in [0.25, 0.3) is 0 Å². The molecule has 194 valence electrons. The van der Waals surface area contributed by atoms with Crippen LogP contribution in [0.3, 0.4) is 0 Å². The van der Waals surface area contributed by atoms with Gasteiger partial charge in [0.2, 0.25) is 16.8 Å². The molecule has 3 nitrogen and oxygen atoms in total. The van der Waals surface area contributed by atoms with Crippen LogP contribution in [0, 0.1) is 0 Å². The molecule has 0 saturated carbocycles. The lowest BCUT2D eigenvalue weighted by molar-refractivity contribution is 0.208. The van der Waals surface area contributed by atoms with Crippen LogP contribution < -0.4 is 0 Å². The summed E-state index contributed by atoms with van der Waals surface area (Å²) in [6, 6.07) is 2.72. The summed E-state index contributed by atoms with van der Waals surface area (Å²) in [5.74, 6) is 0. The molecule has 0 saturated heterocycles. The number of hydrogen-bond acceptors (Lipinski definition) is 3. The van der Waals surface area contributed by atoms with Gasteiger partial charge < -0.3 is 13.4 Å². The number of rotatable bonds is 13. The molecule has 0 aromatic carbocycles. The molecule has 0 aromatic heterocycles. The fraction of sp³-hybridized carbons (Fsp3) is 1.00. The van der Waals surface area contributed by atoms with E-state index in [4.69, 9.17) is 0 Å². The van der Waals surface area contributed by atoms with Gasteiger partial charge >= 0.3 is 0 Å². The van der Waals surface area contributed by atoms with E-state index in [2.05, 4.69) is 138 Å². The average molecular weight is 486 g/mol. The lowest BCUT2D eigenvalue weighted by atomic mass is 10.3. The van der Waals surface area contributed by atoms with E-state index in [9.17, 15) is 0 Å². The van der Waals surface area contributed by atoms with Gasteiger partial charge in [-0.2, -0.15) is 0 Å². The summed E-state index contributed by atoms with van der Waals surface area (Å²) in [4.78, 5) is 0.